The molecular weight excluding hydrogens is 244 g/mol. The van der Waals surface area contributed by atoms with Crippen LogP contribution in [0.4, 0.5) is 5.82 Å². The van der Waals surface area contributed by atoms with Crippen LogP contribution in [-0.4, -0.2) is 32.2 Å². The number of anilines is 1. The molecule has 0 atom stereocenters. The summed E-state index contributed by atoms with van der Waals surface area (Å²) < 4.78 is 5.47. The molecule has 0 aliphatic rings. The molecule has 7 heteroatoms. The van der Waals surface area contributed by atoms with Crippen molar-refractivity contribution in [3.05, 3.63) is 29.7 Å². The number of nitrogens with one attached hydrogen (secondary N) is 1. The zero-order chi connectivity index (χ0) is 13.4. The van der Waals surface area contributed by atoms with Gasteiger partial charge >= 0.3 is 0 Å². The Morgan fingerprint density at radius 3 is 2.84 bits per heavy atom. The fourth-order valence-electron chi connectivity index (χ4n) is 1.99. The minimum Gasteiger partial charge on any atom is -0.422 e. The Kier molecular flexibility index (Phi) is 2.66. The van der Waals surface area contributed by atoms with Gasteiger partial charge in [-0.3, -0.25) is 5.10 Å². The van der Waals surface area contributed by atoms with E-state index in [1.165, 1.54) is 0 Å². The molecule has 3 heterocycles. The minimum atomic E-state index is 0.525. The summed E-state index contributed by atoms with van der Waals surface area (Å²) in [5.41, 5.74) is 2.22. The Balaban J connectivity index is 2.03. The Labute approximate surface area is 109 Å². The van der Waals surface area contributed by atoms with Gasteiger partial charge in [0.05, 0.1) is 12.2 Å². The molecular formula is C12H14N6O. The van der Waals surface area contributed by atoms with E-state index in [4.69, 9.17) is 4.42 Å². The average Bonchev–Trinajstić information content (AvgIpc) is 2.96. The largest absolute Gasteiger partial charge is 0.422 e. The van der Waals surface area contributed by atoms with Crippen molar-refractivity contribution in [1.29, 1.82) is 0 Å². The topological polar surface area (TPSA) is 83.7 Å². The van der Waals surface area contributed by atoms with Gasteiger partial charge < -0.3 is 9.32 Å². The molecule has 7 nitrogen and oxygen atoms in total. The minimum absolute atomic E-state index is 0.525. The number of nitrogens with zero attached hydrogens (tertiary/aromatic N) is 5. The zero-order valence-corrected chi connectivity index (χ0v) is 11.0. The van der Waals surface area contributed by atoms with Crippen LogP contribution in [0.2, 0.25) is 0 Å². The number of rotatable bonds is 3. The Morgan fingerprint density at radius 1 is 1.26 bits per heavy atom. The predicted octanol–water partition coefficient (Wildman–Crippen LogP) is 1.59. The van der Waals surface area contributed by atoms with Gasteiger partial charge in [0.2, 0.25) is 0 Å². The molecule has 0 aliphatic carbocycles. The first kappa shape index (κ1) is 11.6. The third-order valence-electron chi connectivity index (χ3n) is 2.79. The molecule has 1 N–H and O–H groups in total. The molecule has 0 saturated heterocycles. The molecule has 0 aromatic carbocycles. The van der Waals surface area contributed by atoms with E-state index in [0.717, 1.165) is 11.5 Å². The van der Waals surface area contributed by atoms with Crippen LogP contribution in [0.25, 0.3) is 11.2 Å². The molecule has 0 unspecified atom stereocenters. The second-order valence-electron chi connectivity index (χ2n) is 4.42. The second-order valence-corrected chi connectivity index (χ2v) is 4.42. The van der Waals surface area contributed by atoms with E-state index in [-0.39, 0.29) is 0 Å². The number of fused-ring (bicyclic) bond motifs is 1. The highest BCUT2D eigenvalue weighted by molar-refractivity contribution is 5.81. The van der Waals surface area contributed by atoms with Crippen LogP contribution in [0.1, 0.15) is 17.4 Å². The van der Waals surface area contributed by atoms with Gasteiger partial charge in [0, 0.05) is 20.2 Å². The monoisotopic (exact) mass is 258 g/mol. The number of hydrogen-bond donors (Lipinski definition) is 1. The van der Waals surface area contributed by atoms with Crippen LogP contribution in [-0.2, 0) is 6.54 Å². The van der Waals surface area contributed by atoms with E-state index in [0.29, 0.717) is 29.5 Å². The van der Waals surface area contributed by atoms with Gasteiger partial charge in [-0.1, -0.05) is 0 Å². The molecule has 0 amide bonds. The second kappa shape index (κ2) is 4.34. The Bertz CT molecular complexity index is 702. The smallest absolute Gasteiger partial charge is 0.252 e. The SMILES string of the molecule is Cc1nc(N(C)Cc2ccn[nH]2)c2nc(C)oc2n1. The zero-order valence-electron chi connectivity index (χ0n) is 11.0. The van der Waals surface area contributed by atoms with Crippen molar-refractivity contribution in [1.82, 2.24) is 25.1 Å². The summed E-state index contributed by atoms with van der Waals surface area (Å²) in [7, 11) is 1.95. The molecule has 19 heavy (non-hydrogen) atoms. The van der Waals surface area contributed by atoms with Gasteiger partial charge in [-0.15, -0.1) is 0 Å². The number of aromatic amines is 1. The summed E-state index contributed by atoms with van der Waals surface area (Å²) in [6, 6.07) is 1.93. The highest BCUT2D eigenvalue weighted by Gasteiger charge is 2.15. The van der Waals surface area contributed by atoms with Crippen molar-refractivity contribution in [2.45, 2.75) is 20.4 Å². The molecule has 0 aliphatic heterocycles. The molecule has 3 aromatic rings. The lowest BCUT2D eigenvalue weighted by Gasteiger charge is -2.17. The quantitative estimate of drug-likeness (QED) is 0.768. The number of H-pyrrole nitrogens is 1. The van der Waals surface area contributed by atoms with E-state index in [2.05, 4.69) is 25.1 Å². The van der Waals surface area contributed by atoms with Crippen LogP contribution in [0.3, 0.4) is 0 Å². The molecule has 3 rings (SSSR count). The Morgan fingerprint density at radius 2 is 2.11 bits per heavy atom. The van der Waals surface area contributed by atoms with E-state index in [1.54, 1.807) is 13.1 Å². The van der Waals surface area contributed by atoms with Crippen molar-refractivity contribution in [3.63, 3.8) is 0 Å². The normalized spacial score (nSPS) is 11.1. The van der Waals surface area contributed by atoms with E-state index < -0.39 is 0 Å². The van der Waals surface area contributed by atoms with Crippen molar-refractivity contribution < 1.29 is 4.42 Å². The lowest BCUT2D eigenvalue weighted by Crippen LogP contribution is -2.19. The van der Waals surface area contributed by atoms with E-state index in [1.807, 2.05) is 24.9 Å². The average molecular weight is 258 g/mol. The Hall–Kier alpha value is -2.44. The first-order valence-corrected chi connectivity index (χ1v) is 5.94. The lowest BCUT2D eigenvalue weighted by molar-refractivity contribution is 0.550. The van der Waals surface area contributed by atoms with Gasteiger partial charge in [-0.05, 0) is 13.0 Å². The van der Waals surface area contributed by atoms with Crippen LogP contribution in [0, 0.1) is 13.8 Å². The summed E-state index contributed by atoms with van der Waals surface area (Å²) in [5, 5.41) is 6.86. The van der Waals surface area contributed by atoms with Crippen LogP contribution >= 0.6 is 0 Å². The first-order valence-electron chi connectivity index (χ1n) is 5.94. The summed E-state index contributed by atoms with van der Waals surface area (Å²) in [6.45, 7) is 4.30. The van der Waals surface area contributed by atoms with Crippen molar-refractivity contribution in [2.75, 3.05) is 11.9 Å². The first-order chi connectivity index (χ1) is 9.13. The maximum Gasteiger partial charge on any atom is 0.252 e. The van der Waals surface area contributed by atoms with Crippen molar-refractivity contribution in [2.24, 2.45) is 0 Å². The lowest BCUT2D eigenvalue weighted by atomic mass is 10.3. The van der Waals surface area contributed by atoms with Crippen molar-refractivity contribution >= 4 is 17.0 Å². The van der Waals surface area contributed by atoms with E-state index in [9.17, 15) is 0 Å². The number of aromatic nitrogens is 5. The van der Waals surface area contributed by atoms with Gasteiger partial charge in [0.1, 0.15) is 5.82 Å². The fraction of sp³-hybridized carbons (Fsp3) is 0.333. The molecule has 0 saturated carbocycles. The molecule has 0 fully saturated rings. The van der Waals surface area contributed by atoms with Crippen LogP contribution in [0.15, 0.2) is 16.7 Å². The fourth-order valence-corrected chi connectivity index (χ4v) is 1.99. The van der Waals surface area contributed by atoms with Gasteiger partial charge in [-0.25, -0.2) is 9.97 Å². The van der Waals surface area contributed by atoms with E-state index >= 15 is 0 Å². The summed E-state index contributed by atoms with van der Waals surface area (Å²) in [5.74, 6) is 2.01. The maximum absolute atomic E-state index is 5.47. The molecule has 98 valence electrons. The third-order valence-corrected chi connectivity index (χ3v) is 2.79. The van der Waals surface area contributed by atoms with Crippen LogP contribution in [0.5, 0.6) is 0 Å². The predicted molar refractivity (Wildman–Crippen MR) is 69.8 cm³/mol. The summed E-state index contributed by atoms with van der Waals surface area (Å²) in [4.78, 5) is 15.0. The molecule has 0 spiro atoms. The third kappa shape index (κ3) is 2.14. The van der Waals surface area contributed by atoms with Crippen molar-refractivity contribution in [3.8, 4) is 0 Å². The van der Waals surface area contributed by atoms with Crippen LogP contribution < -0.4 is 4.90 Å². The summed E-state index contributed by atoms with van der Waals surface area (Å²) >= 11 is 0. The van der Waals surface area contributed by atoms with Gasteiger partial charge in [0.25, 0.3) is 5.71 Å². The van der Waals surface area contributed by atoms with Gasteiger partial charge in [0.15, 0.2) is 17.2 Å². The number of oxazole rings is 1. The summed E-state index contributed by atoms with van der Waals surface area (Å²) in [6.07, 6.45) is 1.73. The number of aryl methyl sites for hydroxylation is 2. The molecule has 3 aromatic heterocycles. The standard InChI is InChI=1S/C12H14N6O/c1-7-14-11(10-12(15-7)19-8(2)16-10)18(3)6-9-4-5-13-17-9/h4-5H,6H2,1-3H3,(H,13,17). The van der Waals surface area contributed by atoms with Gasteiger partial charge in [-0.2, -0.15) is 10.1 Å². The number of hydrogen-bond acceptors (Lipinski definition) is 6. The highest BCUT2D eigenvalue weighted by atomic mass is 16.4. The maximum atomic E-state index is 5.47. The highest BCUT2D eigenvalue weighted by Crippen LogP contribution is 2.23. The molecule has 0 radical (unpaired) electrons. The molecule has 0 bridgehead atoms.